The molecule has 0 radical (unpaired) electrons. The zero-order chi connectivity index (χ0) is 12.8. The number of thioether (sulfide) groups is 1. The number of rotatable bonds is 5. The maximum Gasteiger partial charge on any atom is 0.0830 e. The summed E-state index contributed by atoms with van der Waals surface area (Å²) in [6, 6.07) is 12.0. The van der Waals surface area contributed by atoms with Crippen molar-refractivity contribution in [2.75, 3.05) is 5.75 Å². The van der Waals surface area contributed by atoms with Crippen LogP contribution in [-0.4, -0.2) is 15.8 Å². The van der Waals surface area contributed by atoms with Gasteiger partial charge in [0.1, 0.15) is 0 Å². The Morgan fingerprint density at radius 1 is 1.22 bits per heavy atom. The zero-order valence-electron chi connectivity index (χ0n) is 10.4. The first-order chi connectivity index (χ1) is 8.79. The second-order valence-electron chi connectivity index (χ2n) is 4.08. The third kappa shape index (κ3) is 3.59. The number of aliphatic hydroxyl groups is 1. The molecule has 0 aliphatic carbocycles. The van der Waals surface area contributed by atoms with Crippen molar-refractivity contribution in [2.24, 2.45) is 0 Å². The van der Waals surface area contributed by atoms with E-state index in [2.05, 4.69) is 24.0 Å². The molecule has 3 heteroatoms. The number of nitrogens with zero attached hydrogens (tertiary/aromatic N) is 1. The van der Waals surface area contributed by atoms with Gasteiger partial charge in [0.15, 0.2) is 0 Å². The highest BCUT2D eigenvalue weighted by molar-refractivity contribution is 7.99. The summed E-state index contributed by atoms with van der Waals surface area (Å²) in [6.07, 6.45) is 3.68. The van der Waals surface area contributed by atoms with Crippen LogP contribution in [0.3, 0.4) is 0 Å². The molecule has 2 nitrogen and oxygen atoms in total. The molecule has 0 saturated carbocycles. The van der Waals surface area contributed by atoms with Crippen LogP contribution < -0.4 is 0 Å². The second kappa shape index (κ2) is 6.57. The topological polar surface area (TPSA) is 33.1 Å². The maximum atomic E-state index is 10.2. The first-order valence-electron chi connectivity index (χ1n) is 6.09. The predicted molar refractivity (Wildman–Crippen MR) is 75.7 cm³/mol. The first-order valence-corrected chi connectivity index (χ1v) is 7.08. The summed E-state index contributed by atoms with van der Waals surface area (Å²) >= 11 is 1.81. The Bertz CT molecular complexity index is 470. The van der Waals surface area contributed by atoms with E-state index in [0.717, 1.165) is 16.9 Å². The van der Waals surface area contributed by atoms with Crippen LogP contribution in [0.1, 0.15) is 24.2 Å². The monoisotopic (exact) mass is 259 g/mol. The maximum absolute atomic E-state index is 10.2. The van der Waals surface area contributed by atoms with Gasteiger partial charge in [0.2, 0.25) is 0 Å². The van der Waals surface area contributed by atoms with Crippen molar-refractivity contribution in [3.05, 3.63) is 59.9 Å². The van der Waals surface area contributed by atoms with E-state index in [4.69, 9.17) is 0 Å². The number of hydrogen-bond acceptors (Lipinski definition) is 3. The van der Waals surface area contributed by atoms with Gasteiger partial charge < -0.3 is 5.11 Å². The molecule has 0 aliphatic heterocycles. The quantitative estimate of drug-likeness (QED) is 0.835. The molecule has 0 fully saturated rings. The minimum atomic E-state index is -0.463. The molecular formula is C15H17NOS. The highest BCUT2D eigenvalue weighted by Crippen LogP contribution is 2.22. The summed E-state index contributed by atoms with van der Waals surface area (Å²) in [6.45, 7) is 2.13. The normalized spacial score (nSPS) is 12.3. The molecule has 1 N–H and O–H groups in total. The molecule has 1 unspecified atom stereocenters. The fourth-order valence-corrected chi connectivity index (χ4v) is 2.47. The van der Waals surface area contributed by atoms with Gasteiger partial charge >= 0.3 is 0 Å². The van der Waals surface area contributed by atoms with Crippen molar-refractivity contribution in [3.63, 3.8) is 0 Å². The molecule has 1 atom stereocenters. The van der Waals surface area contributed by atoms with Gasteiger partial charge in [-0.15, -0.1) is 11.8 Å². The summed E-state index contributed by atoms with van der Waals surface area (Å²) in [5, 5.41) is 10.2. The lowest BCUT2D eigenvalue weighted by Gasteiger charge is -2.11. The summed E-state index contributed by atoms with van der Waals surface area (Å²) in [5.74, 6) is 1.07. The Morgan fingerprint density at radius 3 is 2.61 bits per heavy atom. The molecular weight excluding hydrogens is 242 g/mol. The number of pyridine rings is 1. The van der Waals surface area contributed by atoms with Crippen molar-refractivity contribution in [2.45, 2.75) is 24.3 Å². The van der Waals surface area contributed by atoms with Crippen LogP contribution in [0.15, 0.2) is 53.7 Å². The SMILES string of the molecule is CCSc1ccc(C(O)Cc2cccnc2)cc1. The molecule has 0 saturated heterocycles. The molecule has 0 spiro atoms. The summed E-state index contributed by atoms with van der Waals surface area (Å²) in [7, 11) is 0. The Kier molecular flexibility index (Phi) is 4.79. The van der Waals surface area contributed by atoms with Crippen LogP contribution in [0.4, 0.5) is 0 Å². The van der Waals surface area contributed by atoms with Gasteiger partial charge in [-0.3, -0.25) is 4.98 Å². The van der Waals surface area contributed by atoms with Gasteiger partial charge in [-0.2, -0.15) is 0 Å². The van der Waals surface area contributed by atoms with E-state index in [9.17, 15) is 5.11 Å². The summed E-state index contributed by atoms with van der Waals surface area (Å²) in [5.41, 5.74) is 2.01. The highest BCUT2D eigenvalue weighted by Gasteiger charge is 2.08. The second-order valence-corrected chi connectivity index (χ2v) is 5.42. The van der Waals surface area contributed by atoms with Crippen molar-refractivity contribution in [1.29, 1.82) is 0 Å². The fourth-order valence-electron chi connectivity index (χ4n) is 1.81. The third-order valence-electron chi connectivity index (χ3n) is 2.73. The van der Waals surface area contributed by atoms with E-state index in [1.165, 1.54) is 4.90 Å². The van der Waals surface area contributed by atoms with Gasteiger partial charge in [0, 0.05) is 23.7 Å². The summed E-state index contributed by atoms with van der Waals surface area (Å²) < 4.78 is 0. The molecule has 0 bridgehead atoms. The molecule has 0 aliphatic rings. The fraction of sp³-hybridized carbons (Fsp3) is 0.267. The van der Waals surface area contributed by atoms with Gasteiger partial charge in [-0.1, -0.05) is 25.1 Å². The molecule has 0 amide bonds. The van der Waals surface area contributed by atoms with Crippen LogP contribution in [0, 0.1) is 0 Å². The Labute approximate surface area is 112 Å². The summed E-state index contributed by atoms with van der Waals surface area (Å²) in [4.78, 5) is 5.30. The number of benzene rings is 1. The Balaban J connectivity index is 2.02. The van der Waals surface area contributed by atoms with Crippen LogP contribution in [0.2, 0.25) is 0 Å². The van der Waals surface area contributed by atoms with Crippen LogP contribution in [-0.2, 0) is 6.42 Å². The lowest BCUT2D eigenvalue weighted by atomic mass is 10.0. The molecule has 18 heavy (non-hydrogen) atoms. The van der Waals surface area contributed by atoms with Gasteiger partial charge in [0.05, 0.1) is 6.10 Å². The van der Waals surface area contributed by atoms with Crippen LogP contribution in [0.25, 0.3) is 0 Å². The number of aliphatic hydroxyl groups excluding tert-OH is 1. The Morgan fingerprint density at radius 2 is 2.00 bits per heavy atom. The first kappa shape index (κ1) is 13.1. The van der Waals surface area contributed by atoms with Gasteiger partial charge in [-0.25, -0.2) is 0 Å². The molecule has 94 valence electrons. The average molecular weight is 259 g/mol. The molecule has 1 aromatic carbocycles. The largest absolute Gasteiger partial charge is 0.388 e. The van der Waals surface area contributed by atoms with Gasteiger partial charge in [-0.05, 0) is 35.1 Å². The van der Waals surface area contributed by atoms with E-state index in [1.54, 1.807) is 12.4 Å². The van der Waals surface area contributed by atoms with Crippen molar-refractivity contribution in [1.82, 2.24) is 4.98 Å². The van der Waals surface area contributed by atoms with Crippen LogP contribution in [0.5, 0.6) is 0 Å². The Hall–Kier alpha value is -1.32. The average Bonchev–Trinajstić information content (AvgIpc) is 2.41. The molecule has 2 aromatic rings. The van der Waals surface area contributed by atoms with E-state index >= 15 is 0 Å². The predicted octanol–water partition coefficient (Wildman–Crippen LogP) is 3.47. The number of aromatic nitrogens is 1. The van der Waals surface area contributed by atoms with Crippen molar-refractivity contribution >= 4 is 11.8 Å². The minimum absolute atomic E-state index is 0.463. The lowest BCUT2D eigenvalue weighted by Crippen LogP contribution is -2.01. The molecule has 1 heterocycles. The van der Waals surface area contributed by atoms with Crippen LogP contribution >= 0.6 is 11.8 Å². The van der Waals surface area contributed by atoms with Gasteiger partial charge in [0.25, 0.3) is 0 Å². The smallest absolute Gasteiger partial charge is 0.0830 e. The van der Waals surface area contributed by atoms with E-state index in [-0.39, 0.29) is 0 Å². The zero-order valence-corrected chi connectivity index (χ0v) is 11.2. The van der Waals surface area contributed by atoms with E-state index in [1.807, 2.05) is 36.0 Å². The lowest BCUT2D eigenvalue weighted by molar-refractivity contribution is 0.178. The standard InChI is InChI=1S/C15H17NOS/c1-2-18-14-7-5-13(6-8-14)15(17)10-12-4-3-9-16-11-12/h3-9,11,15,17H,2,10H2,1H3. The highest BCUT2D eigenvalue weighted by atomic mass is 32.2. The minimum Gasteiger partial charge on any atom is -0.388 e. The van der Waals surface area contributed by atoms with E-state index < -0.39 is 6.10 Å². The van der Waals surface area contributed by atoms with E-state index in [0.29, 0.717) is 6.42 Å². The van der Waals surface area contributed by atoms with Crippen molar-refractivity contribution in [3.8, 4) is 0 Å². The molecule has 1 aromatic heterocycles. The molecule has 2 rings (SSSR count). The third-order valence-corrected chi connectivity index (χ3v) is 3.62. The van der Waals surface area contributed by atoms with Crippen molar-refractivity contribution < 1.29 is 5.11 Å². The number of hydrogen-bond donors (Lipinski definition) is 1.